The van der Waals surface area contributed by atoms with Crippen LogP contribution in [0.25, 0.3) is 0 Å². The predicted octanol–water partition coefficient (Wildman–Crippen LogP) is 2.89. The minimum Gasteiger partial charge on any atom is -0.494 e. The van der Waals surface area contributed by atoms with Gasteiger partial charge >= 0.3 is 5.97 Å². The number of rotatable bonds is 8. The molecule has 0 radical (unpaired) electrons. The molecule has 0 heterocycles. The summed E-state index contributed by atoms with van der Waals surface area (Å²) in [7, 11) is -3.39. The van der Waals surface area contributed by atoms with E-state index in [0.29, 0.717) is 29.2 Å². The van der Waals surface area contributed by atoms with Crippen LogP contribution >= 0.6 is 0 Å². The molecule has 2 aromatic carbocycles. The molecule has 1 atom stereocenters. The second kappa shape index (κ2) is 8.68. The summed E-state index contributed by atoms with van der Waals surface area (Å²) in [5.41, 5.74) is 0.958. The summed E-state index contributed by atoms with van der Waals surface area (Å²) in [6.45, 7) is 3.87. The topological polar surface area (TPSA) is 98.8 Å². The van der Waals surface area contributed by atoms with Crippen LogP contribution < -0.4 is 9.46 Å². The molecule has 0 aromatic heterocycles. The molecular formula is C19H21NO6S. The van der Waals surface area contributed by atoms with E-state index in [1.807, 2.05) is 6.92 Å². The van der Waals surface area contributed by atoms with Gasteiger partial charge in [0.1, 0.15) is 5.75 Å². The number of Topliss-reactive ketones (excluding diaryl/α,β-unsaturated/α-hetero) is 1. The number of carbonyl (C=O) groups excluding carboxylic acids is 2. The van der Waals surface area contributed by atoms with E-state index in [2.05, 4.69) is 4.72 Å². The molecule has 0 bridgehead atoms. The molecule has 1 N–H and O–H groups in total. The van der Waals surface area contributed by atoms with Crippen molar-refractivity contribution in [3.05, 3.63) is 59.7 Å². The number of ketones is 1. The lowest BCUT2D eigenvalue weighted by molar-refractivity contribution is 0.0319. The normalized spacial score (nSPS) is 12.1. The zero-order valence-corrected chi connectivity index (χ0v) is 16.1. The van der Waals surface area contributed by atoms with Crippen LogP contribution in [0.4, 0.5) is 5.69 Å². The molecule has 0 amide bonds. The van der Waals surface area contributed by atoms with Gasteiger partial charge in [0, 0.05) is 11.3 Å². The van der Waals surface area contributed by atoms with Crippen molar-refractivity contribution in [1.82, 2.24) is 0 Å². The molecule has 0 unspecified atom stereocenters. The average molecular weight is 391 g/mol. The molecule has 0 saturated carbocycles. The number of anilines is 1. The van der Waals surface area contributed by atoms with Gasteiger partial charge in [-0.3, -0.25) is 9.52 Å². The van der Waals surface area contributed by atoms with Crippen molar-refractivity contribution in [2.24, 2.45) is 0 Å². The second-order valence-electron chi connectivity index (χ2n) is 5.82. The van der Waals surface area contributed by atoms with Crippen molar-refractivity contribution >= 4 is 27.5 Å². The summed E-state index contributed by atoms with van der Waals surface area (Å²) in [4.78, 5) is 24.6. The fraction of sp³-hybridized carbons (Fsp3) is 0.263. The first-order valence-electron chi connectivity index (χ1n) is 8.25. The first-order valence-corrected chi connectivity index (χ1v) is 10.1. The molecular weight excluding hydrogens is 370 g/mol. The number of nitrogens with one attached hydrogen (secondary N) is 1. The Balaban J connectivity index is 2.01. The van der Waals surface area contributed by atoms with Gasteiger partial charge in [0.2, 0.25) is 15.8 Å². The molecule has 8 heteroatoms. The Kier molecular flexibility index (Phi) is 6.57. The zero-order valence-electron chi connectivity index (χ0n) is 15.3. The van der Waals surface area contributed by atoms with Gasteiger partial charge in [0.05, 0.1) is 18.4 Å². The molecule has 0 saturated heterocycles. The lowest BCUT2D eigenvalue weighted by atomic mass is 10.1. The lowest BCUT2D eigenvalue weighted by Gasteiger charge is -2.13. The molecule has 0 spiro atoms. The molecule has 2 rings (SSSR count). The minimum atomic E-state index is -3.39. The highest BCUT2D eigenvalue weighted by atomic mass is 32.2. The van der Waals surface area contributed by atoms with E-state index in [1.165, 1.54) is 31.2 Å². The van der Waals surface area contributed by atoms with Crippen LogP contribution in [-0.4, -0.2) is 39.1 Å². The molecule has 0 aliphatic carbocycles. The molecule has 2 aromatic rings. The molecule has 27 heavy (non-hydrogen) atoms. The Morgan fingerprint density at radius 2 is 1.56 bits per heavy atom. The zero-order chi connectivity index (χ0) is 20.0. The SMILES string of the molecule is CCOc1ccc(C(=O)O[C@@H](C)C(=O)c2ccc(NS(C)(=O)=O)cc2)cc1. The van der Waals surface area contributed by atoms with E-state index in [0.717, 1.165) is 6.26 Å². The van der Waals surface area contributed by atoms with Gasteiger partial charge in [-0.2, -0.15) is 0 Å². The maximum absolute atomic E-state index is 12.4. The Bertz CT molecular complexity index is 904. The Labute approximate surface area is 158 Å². The van der Waals surface area contributed by atoms with Crippen molar-refractivity contribution < 1.29 is 27.5 Å². The van der Waals surface area contributed by atoms with Crippen LogP contribution in [0, 0.1) is 0 Å². The summed E-state index contributed by atoms with van der Waals surface area (Å²) in [5.74, 6) is -0.365. The highest BCUT2D eigenvalue weighted by Gasteiger charge is 2.20. The predicted molar refractivity (Wildman–Crippen MR) is 102 cm³/mol. The highest BCUT2D eigenvalue weighted by Crippen LogP contribution is 2.16. The van der Waals surface area contributed by atoms with Crippen LogP contribution in [0.1, 0.15) is 34.6 Å². The van der Waals surface area contributed by atoms with Crippen molar-refractivity contribution in [1.29, 1.82) is 0 Å². The fourth-order valence-corrected chi connectivity index (χ4v) is 2.85. The van der Waals surface area contributed by atoms with E-state index in [4.69, 9.17) is 9.47 Å². The standard InChI is InChI=1S/C19H21NO6S/c1-4-25-17-11-7-15(8-12-17)19(22)26-13(2)18(21)14-5-9-16(10-6-14)20-27(3,23)24/h5-13,20H,4H2,1-3H3/t13-/m0/s1. The molecule has 0 fully saturated rings. The van der Waals surface area contributed by atoms with Gasteiger partial charge < -0.3 is 9.47 Å². The van der Waals surface area contributed by atoms with Crippen molar-refractivity contribution in [3.63, 3.8) is 0 Å². The molecule has 144 valence electrons. The fourth-order valence-electron chi connectivity index (χ4n) is 2.29. The third-order valence-corrected chi connectivity index (χ3v) is 4.13. The van der Waals surface area contributed by atoms with E-state index < -0.39 is 22.1 Å². The van der Waals surface area contributed by atoms with Gasteiger partial charge in [-0.05, 0) is 62.4 Å². The third kappa shape index (κ3) is 6.10. The molecule has 0 aliphatic heterocycles. The number of sulfonamides is 1. The quantitative estimate of drug-likeness (QED) is 0.549. The highest BCUT2D eigenvalue weighted by molar-refractivity contribution is 7.92. The van der Waals surface area contributed by atoms with E-state index in [1.54, 1.807) is 24.3 Å². The first kappa shape index (κ1) is 20.4. The largest absolute Gasteiger partial charge is 0.494 e. The summed E-state index contributed by atoms with van der Waals surface area (Å²) in [5, 5.41) is 0. The van der Waals surface area contributed by atoms with Gasteiger partial charge in [-0.1, -0.05) is 0 Å². The number of esters is 1. The number of hydrogen-bond donors (Lipinski definition) is 1. The Morgan fingerprint density at radius 3 is 2.07 bits per heavy atom. The van der Waals surface area contributed by atoms with Crippen LogP contribution in [0.2, 0.25) is 0 Å². The van der Waals surface area contributed by atoms with Crippen molar-refractivity contribution in [2.75, 3.05) is 17.6 Å². The van der Waals surface area contributed by atoms with Gasteiger partial charge in [0.15, 0.2) is 6.10 Å². The number of benzene rings is 2. The minimum absolute atomic E-state index is 0.307. The van der Waals surface area contributed by atoms with Crippen LogP contribution in [-0.2, 0) is 14.8 Å². The summed E-state index contributed by atoms with van der Waals surface area (Å²) >= 11 is 0. The van der Waals surface area contributed by atoms with E-state index in [9.17, 15) is 18.0 Å². The van der Waals surface area contributed by atoms with Gasteiger partial charge in [-0.25, -0.2) is 13.2 Å². The van der Waals surface area contributed by atoms with Gasteiger partial charge in [-0.15, -0.1) is 0 Å². The van der Waals surface area contributed by atoms with Crippen LogP contribution in [0.15, 0.2) is 48.5 Å². The van der Waals surface area contributed by atoms with E-state index in [-0.39, 0.29) is 5.78 Å². The summed E-state index contributed by atoms with van der Waals surface area (Å²) in [6, 6.07) is 12.3. The number of hydrogen-bond acceptors (Lipinski definition) is 6. The lowest BCUT2D eigenvalue weighted by Crippen LogP contribution is -2.24. The Morgan fingerprint density at radius 1 is 1.00 bits per heavy atom. The number of ether oxygens (including phenoxy) is 2. The Hall–Kier alpha value is -2.87. The molecule has 7 nitrogen and oxygen atoms in total. The summed E-state index contributed by atoms with van der Waals surface area (Å²) in [6.07, 6.45) is 0.0481. The average Bonchev–Trinajstić information content (AvgIpc) is 2.61. The third-order valence-electron chi connectivity index (χ3n) is 3.53. The smallest absolute Gasteiger partial charge is 0.338 e. The van der Waals surface area contributed by atoms with E-state index >= 15 is 0 Å². The van der Waals surface area contributed by atoms with Crippen LogP contribution in [0.3, 0.4) is 0 Å². The first-order chi connectivity index (χ1) is 12.7. The summed E-state index contributed by atoms with van der Waals surface area (Å²) < 4.78 is 35.2. The van der Waals surface area contributed by atoms with Crippen molar-refractivity contribution in [2.45, 2.75) is 20.0 Å². The molecule has 0 aliphatic rings. The second-order valence-corrected chi connectivity index (χ2v) is 7.57. The monoisotopic (exact) mass is 391 g/mol. The number of carbonyl (C=O) groups is 2. The van der Waals surface area contributed by atoms with Crippen LogP contribution in [0.5, 0.6) is 5.75 Å². The maximum atomic E-state index is 12.4. The van der Waals surface area contributed by atoms with Gasteiger partial charge in [0.25, 0.3) is 0 Å². The van der Waals surface area contributed by atoms with Crippen molar-refractivity contribution in [3.8, 4) is 5.75 Å². The maximum Gasteiger partial charge on any atom is 0.338 e.